The van der Waals surface area contributed by atoms with Gasteiger partial charge in [-0.25, -0.2) is 4.98 Å². The predicted molar refractivity (Wildman–Crippen MR) is 57.1 cm³/mol. The summed E-state index contributed by atoms with van der Waals surface area (Å²) in [5.41, 5.74) is 1.83. The van der Waals surface area contributed by atoms with E-state index >= 15 is 0 Å². The second kappa shape index (κ2) is 4.60. The molecule has 0 bridgehead atoms. The van der Waals surface area contributed by atoms with Gasteiger partial charge in [0.1, 0.15) is 5.82 Å². The summed E-state index contributed by atoms with van der Waals surface area (Å²) in [4.78, 5) is 4.22. The fourth-order valence-corrected chi connectivity index (χ4v) is 1.16. The van der Waals surface area contributed by atoms with Gasteiger partial charge in [0.05, 0.1) is 6.21 Å². The topological polar surface area (TPSA) is 57.5 Å². The largest absolute Gasteiger partial charge is 0.411 e. The molecule has 1 rings (SSSR count). The molecular weight excluding hydrogens is 178 g/mol. The lowest BCUT2D eigenvalue weighted by Crippen LogP contribution is -2.12. The molecule has 0 fully saturated rings. The van der Waals surface area contributed by atoms with E-state index in [9.17, 15) is 0 Å². The molecule has 1 aromatic rings. The molecule has 4 heteroatoms. The molecule has 0 saturated carbocycles. The van der Waals surface area contributed by atoms with Crippen LogP contribution >= 0.6 is 0 Å². The van der Waals surface area contributed by atoms with Crippen molar-refractivity contribution >= 4 is 12.0 Å². The fourth-order valence-electron chi connectivity index (χ4n) is 1.16. The smallest absolute Gasteiger partial charge is 0.129 e. The van der Waals surface area contributed by atoms with Crippen LogP contribution in [0.4, 0.5) is 5.82 Å². The summed E-state index contributed by atoms with van der Waals surface area (Å²) in [6.07, 6.45) is 3.02. The van der Waals surface area contributed by atoms with Crippen molar-refractivity contribution in [2.45, 2.75) is 26.8 Å². The van der Waals surface area contributed by atoms with E-state index in [0.29, 0.717) is 6.04 Å². The lowest BCUT2D eigenvalue weighted by Gasteiger charge is -2.11. The molecule has 0 spiro atoms. The van der Waals surface area contributed by atoms with Gasteiger partial charge in [-0.05, 0) is 32.4 Å². The summed E-state index contributed by atoms with van der Waals surface area (Å²) in [5, 5.41) is 14.5. The van der Waals surface area contributed by atoms with Crippen LogP contribution in [-0.4, -0.2) is 22.4 Å². The highest BCUT2D eigenvalue weighted by Gasteiger charge is 2.01. The van der Waals surface area contributed by atoms with Crippen LogP contribution in [0.25, 0.3) is 0 Å². The van der Waals surface area contributed by atoms with Gasteiger partial charge in [0.15, 0.2) is 0 Å². The van der Waals surface area contributed by atoms with Gasteiger partial charge in [-0.3, -0.25) is 0 Å². The Morgan fingerprint density at radius 1 is 1.57 bits per heavy atom. The van der Waals surface area contributed by atoms with Crippen LogP contribution in [0.2, 0.25) is 0 Å². The lowest BCUT2D eigenvalue weighted by molar-refractivity contribution is 0.322. The summed E-state index contributed by atoms with van der Waals surface area (Å²) in [5.74, 6) is 0.870. The van der Waals surface area contributed by atoms with Crippen molar-refractivity contribution in [1.82, 2.24) is 4.98 Å². The first-order valence-corrected chi connectivity index (χ1v) is 4.54. The number of rotatable bonds is 3. The molecule has 0 saturated heterocycles. The van der Waals surface area contributed by atoms with E-state index in [2.05, 4.69) is 29.3 Å². The van der Waals surface area contributed by atoms with E-state index < -0.39 is 0 Å². The first-order valence-electron chi connectivity index (χ1n) is 4.54. The van der Waals surface area contributed by atoms with E-state index in [1.807, 2.05) is 13.0 Å². The molecule has 2 N–H and O–H groups in total. The molecule has 0 radical (unpaired) electrons. The van der Waals surface area contributed by atoms with Crippen LogP contribution in [0.15, 0.2) is 17.4 Å². The molecule has 0 amide bonds. The molecule has 0 aliphatic heterocycles. The van der Waals surface area contributed by atoms with E-state index in [4.69, 9.17) is 5.21 Å². The molecule has 1 heterocycles. The summed E-state index contributed by atoms with van der Waals surface area (Å²) in [7, 11) is 0. The van der Waals surface area contributed by atoms with E-state index in [1.54, 1.807) is 6.20 Å². The van der Waals surface area contributed by atoms with Crippen molar-refractivity contribution in [3.63, 3.8) is 0 Å². The van der Waals surface area contributed by atoms with Gasteiger partial charge in [-0.1, -0.05) is 5.16 Å². The summed E-state index contributed by atoms with van der Waals surface area (Å²) >= 11 is 0. The Bertz CT molecular complexity index is 334. The quantitative estimate of drug-likeness (QED) is 0.438. The zero-order valence-corrected chi connectivity index (χ0v) is 8.65. The predicted octanol–water partition coefficient (Wildman–Crippen LogP) is 2.02. The molecule has 1 aromatic heterocycles. The Morgan fingerprint density at radius 3 is 2.79 bits per heavy atom. The normalized spacial score (nSPS) is 11.1. The van der Waals surface area contributed by atoms with Gasteiger partial charge in [0.2, 0.25) is 0 Å². The van der Waals surface area contributed by atoms with Gasteiger partial charge in [0.25, 0.3) is 0 Å². The van der Waals surface area contributed by atoms with Crippen molar-refractivity contribution in [2.24, 2.45) is 5.16 Å². The van der Waals surface area contributed by atoms with Gasteiger partial charge >= 0.3 is 0 Å². The van der Waals surface area contributed by atoms with Crippen LogP contribution < -0.4 is 5.32 Å². The number of nitrogens with one attached hydrogen (secondary N) is 1. The first-order chi connectivity index (χ1) is 6.63. The van der Waals surface area contributed by atoms with Crippen LogP contribution in [0, 0.1) is 6.92 Å². The van der Waals surface area contributed by atoms with Crippen molar-refractivity contribution in [3.8, 4) is 0 Å². The Labute approximate surface area is 83.7 Å². The van der Waals surface area contributed by atoms with Crippen molar-refractivity contribution in [3.05, 3.63) is 23.4 Å². The SMILES string of the molecule is Cc1cc(/C=N\O)cnc1NC(C)C. The molecule has 0 aromatic carbocycles. The molecular formula is C10H15N3O. The summed E-state index contributed by atoms with van der Waals surface area (Å²) in [6.45, 7) is 6.08. The monoisotopic (exact) mass is 193 g/mol. The summed E-state index contributed by atoms with van der Waals surface area (Å²) < 4.78 is 0. The minimum Gasteiger partial charge on any atom is -0.411 e. The minimum atomic E-state index is 0.360. The Kier molecular flexibility index (Phi) is 3.45. The highest BCUT2D eigenvalue weighted by atomic mass is 16.4. The average Bonchev–Trinajstić information content (AvgIpc) is 2.10. The maximum atomic E-state index is 8.35. The van der Waals surface area contributed by atoms with E-state index in [-0.39, 0.29) is 0 Å². The van der Waals surface area contributed by atoms with Gasteiger partial charge < -0.3 is 10.5 Å². The number of aromatic nitrogens is 1. The number of hydrogen-bond acceptors (Lipinski definition) is 4. The Hall–Kier alpha value is -1.58. The molecule has 0 aliphatic carbocycles. The zero-order chi connectivity index (χ0) is 10.6. The van der Waals surface area contributed by atoms with Crippen LogP contribution in [0.3, 0.4) is 0 Å². The summed E-state index contributed by atoms with van der Waals surface area (Å²) in [6, 6.07) is 2.27. The average molecular weight is 193 g/mol. The van der Waals surface area contributed by atoms with Gasteiger partial charge in [-0.15, -0.1) is 0 Å². The minimum absolute atomic E-state index is 0.360. The second-order valence-corrected chi connectivity index (χ2v) is 3.48. The fraction of sp³-hybridized carbons (Fsp3) is 0.400. The number of pyridine rings is 1. The Morgan fingerprint density at radius 2 is 2.29 bits per heavy atom. The van der Waals surface area contributed by atoms with Crippen LogP contribution in [0.1, 0.15) is 25.0 Å². The molecule has 76 valence electrons. The number of anilines is 1. The van der Waals surface area contributed by atoms with E-state index in [1.165, 1.54) is 6.21 Å². The molecule has 0 atom stereocenters. The lowest BCUT2D eigenvalue weighted by atomic mass is 10.2. The van der Waals surface area contributed by atoms with Crippen LogP contribution in [0.5, 0.6) is 0 Å². The molecule has 0 aliphatic rings. The van der Waals surface area contributed by atoms with E-state index in [0.717, 1.165) is 16.9 Å². The molecule has 0 unspecified atom stereocenters. The highest BCUT2D eigenvalue weighted by Crippen LogP contribution is 2.12. The number of nitrogens with zero attached hydrogens (tertiary/aromatic N) is 2. The van der Waals surface area contributed by atoms with Crippen molar-refractivity contribution < 1.29 is 5.21 Å². The van der Waals surface area contributed by atoms with Gasteiger partial charge in [0, 0.05) is 17.8 Å². The number of hydrogen-bond donors (Lipinski definition) is 2. The third kappa shape index (κ3) is 2.73. The molecule has 14 heavy (non-hydrogen) atoms. The van der Waals surface area contributed by atoms with Crippen molar-refractivity contribution in [2.75, 3.05) is 5.32 Å². The second-order valence-electron chi connectivity index (χ2n) is 3.48. The Balaban J connectivity index is 2.89. The number of oxime groups is 1. The van der Waals surface area contributed by atoms with Gasteiger partial charge in [-0.2, -0.15) is 0 Å². The van der Waals surface area contributed by atoms with Crippen LogP contribution in [-0.2, 0) is 0 Å². The maximum absolute atomic E-state index is 8.35. The first kappa shape index (κ1) is 10.5. The molecule has 4 nitrogen and oxygen atoms in total. The van der Waals surface area contributed by atoms with Crippen molar-refractivity contribution in [1.29, 1.82) is 0 Å². The zero-order valence-electron chi connectivity index (χ0n) is 8.65. The third-order valence-electron chi connectivity index (χ3n) is 1.73. The highest BCUT2D eigenvalue weighted by molar-refractivity contribution is 5.79. The standard InChI is InChI=1S/C10H15N3O/c1-7(2)13-10-8(3)4-9(5-11-10)6-12-14/h4-7,14H,1-3H3,(H,11,13)/b12-6-. The maximum Gasteiger partial charge on any atom is 0.129 e. The number of aryl methyl sites for hydroxylation is 1. The third-order valence-corrected chi connectivity index (χ3v) is 1.73.